The van der Waals surface area contributed by atoms with E-state index in [0.717, 1.165) is 18.4 Å². The Bertz CT molecular complexity index is 611. The molecule has 0 aliphatic carbocycles. The predicted octanol–water partition coefficient (Wildman–Crippen LogP) is 1.09. The highest BCUT2D eigenvalue weighted by Crippen LogP contribution is 2.13. The van der Waals surface area contributed by atoms with E-state index in [9.17, 15) is 9.59 Å². The SMILES string of the molecule is O=C(NC1CCN(C(=O)O)CC1)[C@@H]1CC[C@@H](NOCc2ccccc2)CN1. The lowest BCUT2D eigenvalue weighted by atomic mass is 9.99. The normalized spacial score (nSPS) is 23.8. The van der Waals surface area contributed by atoms with Crippen LogP contribution in [0, 0.1) is 0 Å². The van der Waals surface area contributed by atoms with Gasteiger partial charge in [0.15, 0.2) is 0 Å². The summed E-state index contributed by atoms with van der Waals surface area (Å²) in [6.45, 7) is 2.13. The van der Waals surface area contributed by atoms with Crippen molar-refractivity contribution < 1.29 is 19.5 Å². The highest BCUT2D eigenvalue weighted by atomic mass is 16.6. The number of carbonyl (C=O) groups excluding carboxylic acids is 1. The van der Waals surface area contributed by atoms with Crippen LogP contribution in [0.1, 0.15) is 31.2 Å². The van der Waals surface area contributed by atoms with E-state index < -0.39 is 6.09 Å². The minimum absolute atomic E-state index is 0.00688. The molecule has 4 N–H and O–H groups in total. The van der Waals surface area contributed by atoms with E-state index in [0.29, 0.717) is 39.1 Å². The molecule has 3 rings (SSSR count). The van der Waals surface area contributed by atoms with Crippen LogP contribution in [0.25, 0.3) is 0 Å². The summed E-state index contributed by atoms with van der Waals surface area (Å²) in [6, 6.07) is 10.0. The Morgan fingerprint density at radius 2 is 1.85 bits per heavy atom. The van der Waals surface area contributed by atoms with Crippen LogP contribution in [0.3, 0.4) is 0 Å². The largest absolute Gasteiger partial charge is 0.465 e. The van der Waals surface area contributed by atoms with E-state index >= 15 is 0 Å². The molecule has 2 atom stereocenters. The molecule has 1 aromatic rings. The molecule has 0 radical (unpaired) electrons. The van der Waals surface area contributed by atoms with Gasteiger partial charge < -0.3 is 20.6 Å². The molecule has 2 amide bonds. The first-order valence-corrected chi connectivity index (χ1v) is 9.54. The van der Waals surface area contributed by atoms with Crippen LogP contribution in [0.5, 0.6) is 0 Å². The Labute approximate surface area is 159 Å². The van der Waals surface area contributed by atoms with Crippen molar-refractivity contribution in [2.75, 3.05) is 19.6 Å². The first kappa shape index (κ1) is 19.6. The third kappa shape index (κ3) is 5.92. The molecule has 8 heteroatoms. The predicted molar refractivity (Wildman–Crippen MR) is 99.9 cm³/mol. The number of amides is 2. The van der Waals surface area contributed by atoms with E-state index in [4.69, 9.17) is 9.94 Å². The molecule has 0 spiro atoms. The third-order valence-corrected chi connectivity index (χ3v) is 5.17. The minimum Gasteiger partial charge on any atom is -0.465 e. The van der Waals surface area contributed by atoms with Gasteiger partial charge in [-0.15, -0.1) is 0 Å². The van der Waals surface area contributed by atoms with Gasteiger partial charge in [-0.2, -0.15) is 5.48 Å². The Morgan fingerprint density at radius 3 is 2.48 bits per heavy atom. The summed E-state index contributed by atoms with van der Waals surface area (Å²) in [5, 5.41) is 15.3. The quantitative estimate of drug-likeness (QED) is 0.554. The number of rotatable bonds is 6. The van der Waals surface area contributed by atoms with Gasteiger partial charge in [-0.25, -0.2) is 4.79 Å². The van der Waals surface area contributed by atoms with Gasteiger partial charge in [0, 0.05) is 31.7 Å². The highest BCUT2D eigenvalue weighted by Gasteiger charge is 2.29. The molecule has 2 saturated heterocycles. The van der Waals surface area contributed by atoms with E-state index in [1.165, 1.54) is 4.90 Å². The van der Waals surface area contributed by atoms with Crippen molar-refractivity contribution in [3.05, 3.63) is 35.9 Å². The second-order valence-corrected chi connectivity index (χ2v) is 7.18. The van der Waals surface area contributed by atoms with Crippen molar-refractivity contribution in [3.8, 4) is 0 Å². The standard InChI is InChI=1S/C19H28N4O4/c24-18(21-15-8-10-23(11-9-15)19(25)26)17-7-6-16(12-20-17)22-27-13-14-4-2-1-3-5-14/h1-5,15-17,20,22H,6-13H2,(H,21,24)(H,25,26)/t16-,17+/m1/s1. The fourth-order valence-electron chi connectivity index (χ4n) is 3.51. The number of carboxylic acid groups (broad SMARTS) is 1. The van der Waals surface area contributed by atoms with Crippen LogP contribution in [-0.4, -0.2) is 59.8 Å². The van der Waals surface area contributed by atoms with Crippen LogP contribution in [0.4, 0.5) is 4.79 Å². The molecule has 0 bridgehead atoms. The van der Waals surface area contributed by atoms with Crippen molar-refractivity contribution in [1.29, 1.82) is 0 Å². The molecule has 1 aromatic carbocycles. The number of likely N-dealkylation sites (tertiary alicyclic amines) is 1. The van der Waals surface area contributed by atoms with Crippen molar-refractivity contribution >= 4 is 12.0 Å². The van der Waals surface area contributed by atoms with Crippen LogP contribution < -0.4 is 16.1 Å². The molecular formula is C19H28N4O4. The Hall–Kier alpha value is -2.16. The zero-order valence-corrected chi connectivity index (χ0v) is 15.4. The van der Waals surface area contributed by atoms with Gasteiger partial charge >= 0.3 is 6.09 Å². The van der Waals surface area contributed by atoms with Crippen LogP contribution in [-0.2, 0) is 16.2 Å². The summed E-state index contributed by atoms with van der Waals surface area (Å²) in [7, 11) is 0. The first-order valence-electron chi connectivity index (χ1n) is 9.54. The van der Waals surface area contributed by atoms with Gasteiger partial charge in [0.05, 0.1) is 12.6 Å². The lowest BCUT2D eigenvalue weighted by Crippen LogP contribution is -2.56. The Kier molecular flexibility index (Phi) is 7.03. The highest BCUT2D eigenvalue weighted by molar-refractivity contribution is 5.82. The van der Waals surface area contributed by atoms with Crippen LogP contribution in [0.2, 0.25) is 0 Å². The Balaban J connectivity index is 1.31. The second-order valence-electron chi connectivity index (χ2n) is 7.18. The molecule has 8 nitrogen and oxygen atoms in total. The molecule has 148 valence electrons. The Morgan fingerprint density at radius 1 is 1.11 bits per heavy atom. The van der Waals surface area contributed by atoms with E-state index in [1.807, 2.05) is 30.3 Å². The lowest BCUT2D eigenvalue weighted by molar-refractivity contribution is -0.125. The lowest BCUT2D eigenvalue weighted by Gasteiger charge is -2.33. The average molecular weight is 376 g/mol. The molecule has 0 aromatic heterocycles. The van der Waals surface area contributed by atoms with Crippen molar-refractivity contribution in [2.45, 2.75) is 50.4 Å². The van der Waals surface area contributed by atoms with Gasteiger partial charge in [-0.05, 0) is 31.2 Å². The molecular weight excluding hydrogens is 348 g/mol. The number of piperidine rings is 2. The van der Waals surface area contributed by atoms with E-state index in [-0.39, 0.29) is 24.0 Å². The van der Waals surface area contributed by atoms with E-state index in [1.54, 1.807) is 0 Å². The van der Waals surface area contributed by atoms with Crippen LogP contribution >= 0.6 is 0 Å². The summed E-state index contributed by atoms with van der Waals surface area (Å²) < 4.78 is 0. The maximum Gasteiger partial charge on any atom is 0.407 e. The minimum atomic E-state index is -0.887. The smallest absolute Gasteiger partial charge is 0.407 e. The van der Waals surface area contributed by atoms with Crippen molar-refractivity contribution in [3.63, 3.8) is 0 Å². The summed E-state index contributed by atoms with van der Waals surface area (Å²) in [5.74, 6) is 0.00688. The third-order valence-electron chi connectivity index (χ3n) is 5.17. The maximum absolute atomic E-state index is 12.4. The number of nitrogens with one attached hydrogen (secondary N) is 3. The first-order chi connectivity index (χ1) is 13.1. The second kappa shape index (κ2) is 9.68. The maximum atomic E-state index is 12.4. The van der Waals surface area contributed by atoms with Crippen molar-refractivity contribution in [2.24, 2.45) is 0 Å². The van der Waals surface area contributed by atoms with Gasteiger partial charge in [0.1, 0.15) is 0 Å². The van der Waals surface area contributed by atoms with Gasteiger partial charge in [0.2, 0.25) is 5.91 Å². The number of benzene rings is 1. The number of carbonyl (C=O) groups is 2. The van der Waals surface area contributed by atoms with Crippen LogP contribution in [0.15, 0.2) is 30.3 Å². The molecule has 27 heavy (non-hydrogen) atoms. The van der Waals surface area contributed by atoms with Gasteiger partial charge in [0.25, 0.3) is 0 Å². The number of hydroxylamine groups is 1. The fourth-order valence-corrected chi connectivity index (χ4v) is 3.51. The molecule has 2 heterocycles. The average Bonchev–Trinajstić information content (AvgIpc) is 2.70. The topological polar surface area (TPSA) is 103 Å². The van der Waals surface area contributed by atoms with E-state index in [2.05, 4.69) is 16.1 Å². The summed E-state index contributed by atoms with van der Waals surface area (Å²) in [6.07, 6.45) is 2.05. The van der Waals surface area contributed by atoms with Crippen molar-refractivity contribution in [1.82, 2.24) is 21.0 Å². The number of hydrogen-bond acceptors (Lipinski definition) is 5. The summed E-state index contributed by atoms with van der Waals surface area (Å²) >= 11 is 0. The van der Waals surface area contributed by atoms with Gasteiger partial charge in [-0.3, -0.25) is 9.63 Å². The monoisotopic (exact) mass is 376 g/mol. The molecule has 2 aliphatic heterocycles. The zero-order valence-electron chi connectivity index (χ0n) is 15.4. The molecule has 0 saturated carbocycles. The van der Waals surface area contributed by atoms with Gasteiger partial charge in [-0.1, -0.05) is 30.3 Å². The zero-order chi connectivity index (χ0) is 19.1. The molecule has 2 fully saturated rings. The summed E-state index contributed by atoms with van der Waals surface area (Å²) in [4.78, 5) is 30.3. The fraction of sp³-hybridized carbons (Fsp3) is 0.579. The number of nitrogens with zero attached hydrogens (tertiary/aromatic N) is 1. The molecule has 2 aliphatic rings. The number of hydrogen-bond donors (Lipinski definition) is 4. The molecule has 0 unspecified atom stereocenters. The summed E-state index contributed by atoms with van der Waals surface area (Å²) in [5.41, 5.74) is 4.18.